The van der Waals surface area contributed by atoms with Gasteiger partial charge in [0.25, 0.3) is 0 Å². The van der Waals surface area contributed by atoms with Gasteiger partial charge in [-0.15, -0.1) is 0 Å². The smallest absolute Gasteiger partial charge is 0.0700 e. The maximum Gasteiger partial charge on any atom is 0.0700 e. The quantitative estimate of drug-likeness (QED) is 0.252. The van der Waals surface area contributed by atoms with Crippen LogP contribution >= 0.6 is 0 Å². The third kappa shape index (κ3) is 17.3. The molecule has 0 spiro atoms. The van der Waals surface area contributed by atoms with E-state index < -0.39 is 0 Å². The van der Waals surface area contributed by atoms with E-state index in [9.17, 15) is 0 Å². The van der Waals surface area contributed by atoms with E-state index in [0.29, 0.717) is 0 Å². The van der Waals surface area contributed by atoms with Crippen molar-refractivity contribution in [3.05, 3.63) is 0 Å². The first kappa shape index (κ1) is 25.9. The highest BCUT2D eigenvalue weighted by Gasteiger charge is 2.14. The fourth-order valence-corrected chi connectivity index (χ4v) is 4.15. The first-order chi connectivity index (χ1) is 12.2. The molecule has 0 bridgehead atoms. The molecule has 0 saturated heterocycles. The van der Waals surface area contributed by atoms with E-state index >= 15 is 0 Å². The van der Waals surface area contributed by atoms with Crippen LogP contribution in [0.15, 0.2) is 0 Å². The van der Waals surface area contributed by atoms with Crippen LogP contribution in [-0.4, -0.2) is 26.4 Å². The van der Waals surface area contributed by atoms with Crippen molar-refractivity contribution in [1.29, 1.82) is 0 Å². The predicted octanol–water partition coefficient (Wildman–Crippen LogP) is 7.22. The van der Waals surface area contributed by atoms with Crippen LogP contribution in [0.25, 0.3) is 0 Å². The maximum atomic E-state index is 5.84. The lowest BCUT2D eigenvalue weighted by molar-refractivity contribution is 0.0350. The van der Waals surface area contributed by atoms with E-state index in [-0.39, 0.29) is 0 Å². The topological polar surface area (TPSA) is 18.5 Å². The minimum atomic E-state index is 0.745. The van der Waals surface area contributed by atoms with E-state index in [2.05, 4.69) is 55.4 Å². The average molecular weight is 371 g/mol. The van der Waals surface area contributed by atoms with Crippen LogP contribution in [0.5, 0.6) is 0 Å². The van der Waals surface area contributed by atoms with Crippen molar-refractivity contribution < 1.29 is 9.47 Å². The van der Waals surface area contributed by atoms with Crippen molar-refractivity contribution in [2.24, 2.45) is 35.5 Å². The summed E-state index contributed by atoms with van der Waals surface area (Å²) in [5, 5.41) is 0. The Morgan fingerprint density at radius 2 is 0.692 bits per heavy atom. The average Bonchev–Trinajstić information content (AvgIpc) is 2.47. The van der Waals surface area contributed by atoms with Crippen molar-refractivity contribution >= 4 is 0 Å². The minimum absolute atomic E-state index is 0.745. The number of hydrogen-bond acceptors (Lipinski definition) is 2. The van der Waals surface area contributed by atoms with Crippen LogP contribution in [-0.2, 0) is 9.47 Å². The second-order valence-electron chi connectivity index (χ2n) is 10.1. The van der Waals surface area contributed by atoms with E-state index in [0.717, 1.165) is 61.9 Å². The van der Waals surface area contributed by atoms with Gasteiger partial charge in [0.1, 0.15) is 0 Å². The highest BCUT2D eigenvalue weighted by molar-refractivity contribution is 4.65. The maximum absolute atomic E-state index is 5.84. The summed E-state index contributed by atoms with van der Waals surface area (Å²) < 4.78 is 11.7. The van der Waals surface area contributed by atoms with Crippen LogP contribution < -0.4 is 0 Å². The molecule has 0 atom stereocenters. The number of rotatable bonds is 17. The molecule has 0 N–H and O–H groups in total. The molecule has 2 nitrogen and oxygen atoms in total. The standard InChI is InChI=1S/C24H50O2/c1-19(2)15-23(16-20(3)4)9-11-25-13-14-26-12-10-24(17-21(5)6)18-22(7)8/h19-24H,9-18H2,1-8H3. The van der Waals surface area contributed by atoms with Gasteiger partial charge in [0.2, 0.25) is 0 Å². The normalized spacial score (nSPS) is 12.7. The lowest BCUT2D eigenvalue weighted by Gasteiger charge is -2.21. The van der Waals surface area contributed by atoms with Crippen LogP contribution in [0.4, 0.5) is 0 Å². The summed E-state index contributed by atoms with van der Waals surface area (Å²) in [5.74, 6) is 4.75. The Kier molecular flexibility index (Phi) is 15.9. The monoisotopic (exact) mass is 370 g/mol. The third-order valence-corrected chi connectivity index (χ3v) is 4.93. The Morgan fingerprint density at radius 3 is 0.923 bits per heavy atom. The molecule has 0 fully saturated rings. The zero-order chi connectivity index (χ0) is 19.9. The molecule has 0 aromatic carbocycles. The van der Waals surface area contributed by atoms with Gasteiger partial charge in [-0.2, -0.15) is 0 Å². The molecule has 2 heteroatoms. The fraction of sp³-hybridized carbons (Fsp3) is 1.00. The Morgan fingerprint density at radius 1 is 0.423 bits per heavy atom. The summed E-state index contributed by atoms with van der Waals surface area (Å²) in [6.07, 6.45) is 7.69. The Hall–Kier alpha value is -0.0800. The molecule has 0 aromatic heterocycles. The summed E-state index contributed by atoms with van der Waals surface area (Å²) >= 11 is 0. The van der Waals surface area contributed by atoms with Crippen molar-refractivity contribution in [3.8, 4) is 0 Å². The summed E-state index contributed by atoms with van der Waals surface area (Å²) in [4.78, 5) is 0. The molecule has 0 aliphatic rings. The van der Waals surface area contributed by atoms with Crippen molar-refractivity contribution in [3.63, 3.8) is 0 Å². The minimum Gasteiger partial charge on any atom is -0.379 e. The van der Waals surface area contributed by atoms with Crippen molar-refractivity contribution in [2.75, 3.05) is 26.4 Å². The van der Waals surface area contributed by atoms with E-state index in [1.165, 1.54) is 38.5 Å². The van der Waals surface area contributed by atoms with Gasteiger partial charge in [-0.25, -0.2) is 0 Å². The number of hydrogen-bond donors (Lipinski definition) is 0. The third-order valence-electron chi connectivity index (χ3n) is 4.93. The van der Waals surface area contributed by atoms with Gasteiger partial charge >= 0.3 is 0 Å². The molecule has 0 unspecified atom stereocenters. The van der Waals surface area contributed by atoms with Crippen LogP contribution in [0.1, 0.15) is 93.9 Å². The van der Waals surface area contributed by atoms with Crippen LogP contribution in [0.2, 0.25) is 0 Å². The van der Waals surface area contributed by atoms with Crippen molar-refractivity contribution in [2.45, 2.75) is 93.9 Å². The molecule has 0 rings (SSSR count). The Balaban J connectivity index is 3.77. The molecule has 0 aliphatic heterocycles. The van der Waals surface area contributed by atoms with Crippen LogP contribution in [0.3, 0.4) is 0 Å². The molecule has 0 radical (unpaired) electrons. The van der Waals surface area contributed by atoms with Gasteiger partial charge in [-0.05, 0) is 74.0 Å². The molecular formula is C24H50O2. The number of ether oxygens (including phenoxy) is 2. The van der Waals surface area contributed by atoms with Gasteiger partial charge < -0.3 is 9.47 Å². The Bertz CT molecular complexity index is 247. The molecule has 0 aromatic rings. The summed E-state index contributed by atoms with van der Waals surface area (Å²) in [7, 11) is 0. The highest BCUT2D eigenvalue weighted by atomic mass is 16.5. The van der Waals surface area contributed by atoms with E-state index in [4.69, 9.17) is 9.47 Å². The van der Waals surface area contributed by atoms with Crippen LogP contribution in [0, 0.1) is 35.5 Å². The molecule has 0 aliphatic carbocycles. The summed E-state index contributed by atoms with van der Waals surface area (Å²) in [6, 6.07) is 0. The predicted molar refractivity (Wildman–Crippen MR) is 116 cm³/mol. The molecular weight excluding hydrogens is 320 g/mol. The Labute approximate surface area is 165 Å². The first-order valence-electron chi connectivity index (χ1n) is 11.4. The first-order valence-corrected chi connectivity index (χ1v) is 11.4. The van der Waals surface area contributed by atoms with Gasteiger partial charge in [-0.3, -0.25) is 0 Å². The summed E-state index contributed by atoms with van der Waals surface area (Å²) in [5.41, 5.74) is 0. The SMILES string of the molecule is CC(C)CC(CCOCCOCCC(CC(C)C)CC(C)C)CC(C)C. The molecule has 0 saturated carbocycles. The zero-order valence-electron chi connectivity index (χ0n) is 19.4. The van der Waals surface area contributed by atoms with Gasteiger partial charge in [0.05, 0.1) is 13.2 Å². The van der Waals surface area contributed by atoms with Gasteiger partial charge in [0, 0.05) is 13.2 Å². The molecule has 0 heterocycles. The summed E-state index contributed by atoms with van der Waals surface area (Å²) in [6.45, 7) is 21.9. The second-order valence-corrected chi connectivity index (χ2v) is 10.1. The molecule has 26 heavy (non-hydrogen) atoms. The largest absolute Gasteiger partial charge is 0.379 e. The molecule has 158 valence electrons. The van der Waals surface area contributed by atoms with E-state index in [1.807, 2.05) is 0 Å². The van der Waals surface area contributed by atoms with E-state index in [1.54, 1.807) is 0 Å². The second kappa shape index (κ2) is 15.9. The fourth-order valence-electron chi connectivity index (χ4n) is 4.15. The lowest BCUT2D eigenvalue weighted by atomic mass is 9.87. The lowest BCUT2D eigenvalue weighted by Crippen LogP contribution is -2.14. The van der Waals surface area contributed by atoms with Crippen molar-refractivity contribution in [1.82, 2.24) is 0 Å². The molecule has 0 amide bonds. The van der Waals surface area contributed by atoms with Gasteiger partial charge in [-0.1, -0.05) is 55.4 Å². The highest BCUT2D eigenvalue weighted by Crippen LogP contribution is 2.24. The zero-order valence-corrected chi connectivity index (χ0v) is 19.4. The van der Waals surface area contributed by atoms with Gasteiger partial charge in [0.15, 0.2) is 0 Å².